The molecule has 1 aromatic rings. The highest BCUT2D eigenvalue weighted by Crippen LogP contribution is 2.25. The molecule has 0 saturated carbocycles. The summed E-state index contributed by atoms with van der Waals surface area (Å²) in [4.78, 5) is 11.5. The normalized spacial score (nSPS) is 18.4. The number of hydrogen-bond donors (Lipinski definition) is 2. The number of nitrogens with one attached hydrogen (secondary N) is 2. The van der Waals surface area contributed by atoms with Gasteiger partial charge in [0.15, 0.2) is 4.34 Å². The molecule has 2 N–H and O–H groups in total. The van der Waals surface area contributed by atoms with Crippen molar-refractivity contribution in [3.63, 3.8) is 0 Å². The van der Waals surface area contributed by atoms with E-state index in [4.69, 9.17) is 0 Å². The number of anilines is 1. The first-order chi connectivity index (χ1) is 7.29. The second-order valence-electron chi connectivity index (χ2n) is 3.09. The molecule has 5 nitrogen and oxygen atoms in total. The summed E-state index contributed by atoms with van der Waals surface area (Å²) in [7, 11) is 0. The van der Waals surface area contributed by atoms with Crippen molar-refractivity contribution in [2.24, 2.45) is 0 Å². The topological polar surface area (TPSA) is 66.9 Å². The highest BCUT2D eigenvalue weighted by Gasteiger charge is 2.25. The first-order valence-electron chi connectivity index (χ1n) is 4.80. The largest absolute Gasteiger partial charge is 0.306 e. The molecule has 1 aromatic heterocycles. The molecule has 0 aliphatic carbocycles. The molecule has 16 heavy (non-hydrogen) atoms. The molecule has 2 heterocycles. The summed E-state index contributed by atoms with van der Waals surface area (Å²) in [6.45, 7) is 2.98. The van der Waals surface area contributed by atoms with E-state index in [-0.39, 0.29) is 24.4 Å². The molecule has 1 atom stereocenters. The maximum absolute atomic E-state index is 11.5. The van der Waals surface area contributed by atoms with Crippen molar-refractivity contribution in [3.05, 3.63) is 0 Å². The lowest BCUT2D eigenvalue weighted by molar-refractivity contribution is -0.119. The summed E-state index contributed by atoms with van der Waals surface area (Å²) in [5.74, 6) is 0.956. The Labute approximate surface area is 108 Å². The second kappa shape index (κ2) is 6.39. The maximum Gasteiger partial charge on any atom is 0.243 e. The van der Waals surface area contributed by atoms with Crippen LogP contribution in [0.15, 0.2) is 4.34 Å². The van der Waals surface area contributed by atoms with Crippen molar-refractivity contribution in [3.8, 4) is 0 Å². The zero-order valence-electron chi connectivity index (χ0n) is 8.73. The highest BCUT2D eigenvalue weighted by molar-refractivity contribution is 8.01. The standard InChI is InChI=1S/C8H12N4OS2.ClH/c1-2-14-8-12-11-7(15-8)10-6(13)5-3-4-9-5;/h5,9H,2-4H2,1H3,(H,10,11,13);1H/t5-;/m1./s1. The number of aromatic nitrogens is 2. The Morgan fingerprint density at radius 3 is 3.00 bits per heavy atom. The zero-order valence-corrected chi connectivity index (χ0v) is 11.2. The van der Waals surface area contributed by atoms with Crippen molar-refractivity contribution < 1.29 is 4.79 Å². The third kappa shape index (κ3) is 3.31. The zero-order chi connectivity index (χ0) is 10.7. The quantitative estimate of drug-likeness (QED) is 0.644. The average Bonchev–Trinajstić information content (AvgIpc) is 2.49. The lowest BCUT2D eigenvalue weighted by Crippen LogP contribution is -2.50. The summed E-state index contributed by atoms with van der Waals surface area (Å²) in [5.41, 5.74) is 0. The van der Waals surface area contributed by atoms with E-state index in [1.807, 2.05) is 0 Å². The van der Waals surface area contributed by atoms with Crippen LogP contribution < -0.4 is 10.6 Å². The van der Waals surface area contributed by atoms with E-state index in [2.05, 4.69) is 27.8 Å². The van der Waals surface area contributed by atoms with Gasteiger partial charge in [0.25, 0.3) is 0 Å². The predicted molar refractivity (Wildman–Crippen MR) is 68.6 cm³/mol. The fraction of sp³-hybridized carbons (Fsp3) is 0.625. The van der Waals surface area contributed by atoms with Crippen LogP contribution in [-0.4, -0.2) is 34.4 Å². The molecular formula is C8H13ClN4OS2. The highest BCUT2D eigenvalue weighted by atomic mass is 35.5. The molecule has 1 aliphatic heterocycles. The minimum atomic E-state index is -0.0452. The molecule has 0 bridgehead atoms. The van der Waals surface area contributed by atoms with Gasteiger partial charge in [0.05, 0.1) is 6.04 Å². The van der Waals surface area contributed by atoms with Gasteiger partial charge in [-0.3, -0.25) is 10.1 Å². The van der Waals surface area contributed by atoms with Gasteiger partial charge in [-0.15, -0.1) is 22.6 Å². The van der Waals surface area contributed by atoms with Crippen molar-refractivity contribution >= 4 is 46.5 Å². The summed E-state index contributed by atoms with van der Waals surface area (Å²) in [5, 5.41) is 14.2. The van der Waals surface area contributed by atoms with E-state index < -0.39 is 0 Å². The molecule has 0 unspecified atom stereocenters. The van der Waals surface area contributed by atoms with E-state index in [1.54, 1.807) is 11.8 Å². The smallest absolute Gasteiger partial charge is 0.243 e. The Morgan fingerprint density at radius 1 is 1.69 bits per heavy atom. The molecule has 90 valence electrons. The number of nitrogens with zero attached hydrogens (tertiary/aromatic N) is 2. The number of carbonyl (C=O) groups excluding carboxylic acids is 1. The minimum Gasteiger partial charge on any atom is -0.306 e. The summed E-state index contributed by atoms with van der Waals surface area (Å²) in [6.07, 6.45) is 0.904. The monoisotopic (exact) mass is 280 g/mol. The number of amides is 1. The van der Waals surface area contributed by atoms with E-state index in [0.717, 1.165) is 23.1 Å². The van der Waals surface area contributed by atoms with Crippen molar-refractivity contribution in [1.82, 2.24) is 15.5 Å². The van der Waals surface area contributed by atoms with Gasteiger partial charge in [0.2, 0.25) is 11.0 Å². The lowest BCUT2D eigenvalue weighted by Gasteiger charge is -2.25. The van der Waals surface area contributed by atoms with Gasteiger partial charge in [-0.25, -0.2) is 0 Å². The van der Waals surface area contributed by atoms with Gasteiger partial charge in [0.1, 0.15) is 0 Å². The third-order valence-electron chi connectivity index (χ3n) is 2.04. The SMILES string of the molecule is CCSc1nnc(NC(=O)[C@H]2CCN2)s1.Cl. The van der Waals surface area contributed by atoms with Crippen LogP contribution in [0.1, 0.15) is 13.3 Å². The Hall–Kier alpha value is -0.370. The Bertz CT molecular complexity index is 356. The first-order valence-corrected chi connectivity index (χ1v) is 6.60. The van der Waals surface area contributed by atoms with Crippen molar-refractivity contribution in [2.45, 2.75) is 23.7 Å². The lowest BCUT2D eigenvalue weighted by atomic mass is 10.1. The number of halogens is 1. The number of rotatable bonds is 4. The summed E-state index contributed by atoms with van der Waals surface area (Å²) in [6, 6.07) is -0.0452. The van der Waals surface area contributed by atoms with E-state index >= 15 is 0 Å². The van der Waals surface area contributed by atoms with Crippen LogP contribution in [0.2, 0.25) is 0 Å². The third-order valence-corrected chi connectivity index (χ3v) is 3.90. The van der Waals surface area contributed by atoms with Crippen LogP contribution in [-0.2, 0) is 4.79 Å². The van der Waals surface area contributed by atoms with Gasteiger partial charge >= 0.3 is 0 Å². The minimum absolute atomic E-state index is 0. The van der Waals surface area contributed by atoms with Gasteiger partial charge < -0.3 is 5.32 Å². The first kappa shape index (κ1) is 13.7. The van der Waals surface area contributed by atoms with Gasteiger partial charge in [-0.2, -0.15) is 0 Å². The number of hydrogen-bond acceptors (Lipinski definition) is 6. The van der Waals surface area contributed by atoms with E-state index in [0.29, 0.717) is 5.13 Å². The Kier molecular flexibility index (Phi) is 5.47. The molecule has 2 rings (SSSR count). The molecule has 8 heteroatoms. The van der Waals surface area contributed by atoms with Crippen LogP contribution in [0.5, 0.6) is 0 Å². The van der Waals surface area contributed by atoms with Crippen LogP contribution >= 0.6 is 35.5 Å². The molecule has 1 saturated heterocycles. The number of thioether (sulfide) groups is 1. The van der Waals surface area contributed by atoms with E-state index in [9.17, 15) is 4.79 Å². The second-order valence-corrected chi connectivity index (χ2v) is 5.58. The van der Waals surface area contributed by atoms with Gasteiger partial charge in [-0.05, 0) is 18.7 Å². The maximum atomic E-state index is 11.5. The molecule has 1 fully saturated rings. The molecular weight excluding hydrogens is 268 g/mol. The van der Waals surface area contributed by atoms with Crippen LogP contribution in [0.25, 0.3) is 0 Å². The molecule has 1 aliphatic rings. The Balaban J connectivity index is 0.00000128. The average molecular weight is 281 g/mol. The molecule has 0 radical (unpaired) electrons. The van der Waals surface area contributed by atoms with Gasteiger partial charge in [0, 0.05) is 0 Å². The van der Waals surface area contributed by atoms with E-state index in [1.165, 1.54) is 11.3 Å². The van der Waals surface area contributed by atoms with Crippen molar-refractivity contribution in [2.75, 3.05) is 17.6 Å². The van der Waals surface area contributed by atoms with Crippen LogP contribution in [0.3, 0.4) is 0 Å². The van der Waals surface area contributed by atoms with Crippen molar-refractivity contribution in [1.29, 1.82) is 0 Å². The Morgan fingerprint density at radius 2 is 2.44 bits per heavy atom. The fourth-order valence-corrected chi connectivity index (χ4v) is 2.80. The molecule has 0 spiro atoms. The summed E-state index contributed by atoms with van der Waals surface area (Å²) >= 11 is 3.05. The predicted octanol–water partition coefficient (Wildman–Crippen LogP) is 1.37. The number of carbonyl (C=O) groups is 1. The van der Waals surface area contributed by atoms with Gasteiger partial charge in [-0.1, -0.05) is 30.0 Å². The summed E-state index contributed by atoms with van der Waals surface area (Å²) < 4.78 is 0.898. The van der Waals surface area contributed by atoms with Crippen LogP contribution in [0.4, 0.5) is 5.13 Å². The van der Waals surface area contributed by atoms with Crippen LogP contribution in [0, 0.1) is 0 Å². The molecule has 1 amide bonds. The fourth-order valence-electron chi connectivity index (χ4n) is 1.15. The molecule has 0 aromatic carbocycles.